The van der Waals surface area contributed by atoms with Crippen LogP contribution in [-0.4, -0.2) is 40.2 Å². The molecular formula is C22H20N6O4. The largest absolute Gasteiger partial charge is 0.479 e. The molecule has 0 atom stereocenters. The van der Waals surface area contributed by atoms with Gasteiger partial charge >= 0.3 is 0 Å². The Balaban J connectivity index is 1.65. The second-order valence-electron chi connectivity index (χ2n) is 6.69. The summed E-state index contributed by atoms with van der Waals surface area (Å²) in [5.41, 5.74) is 8.55. The summed E-state index contributed by atoms with van der Waals surface area (Å²) in [6.45, 7) is 1.68. The van der Waals surface area contributed by atoms with Gasteiger partial charge < -0.3 is 25.0 Å². The second kappa shape index (κ2) is 8.72. The van der Waals surface area contributed by atoms with Gasteiger partial charge in [0.25, 0.3) is 11.8 Å². The van der Waals surface area contributed by atoms with Crippen molar-refractivity contribution in [1.82, 2.24) is 20.1 Å². The average Bonchev–Trinajstić information content (AvgIpc) is 3.21. The lowest BCUT2D eigenvalue weighted by Crippen LogP contribution is -2.14. The number of ether oxygens (including phenoxy) is 2. The number of amides is 1. The third-order valence-electron chi connectivity index (χ3n) is 4.66. The molecule has 0 saturated carbocycles. The fourth-order valence-corrected chi connectivity index (χ4v) is 3.11. The molecular weight excluding hydrogens is 412 g/mol. The zero-order chi connectivity index (χ0) is 22.7. The van der Waals surface area contributed by atoms with Crippen LogP contribution in [0.3, 0.4) is 0 Å². The maximum atomic E-state index is 13.1. The Morgan fingerprint density at radius 1 is 1.00 bits per heavy atom. The third kappa shape index (κ3) is 3.93. The monoisotopic (exact) mass is 432 g/mol. The normalized spacial score (nSPS) is 10.6. The smallest absolute Gasteiger partial charge is 0.261 e. The van der Waals surface area contributed by atoms with Gasteiger partial charge in [0, 0.05) is 5.56 Å². The molecule has 162 valence electrons. The van der Waals surface area contributed by atoms with Crippen molar-refractivity contribution in [1.29, 1.82) is 0 Å². The van der Waals surface area contributed by atoms with E-state index in [-0.39, 0.29) is 17.6 Å². The van der Waals surface area contributed by atoms with Crippen molar-refractivity contribution < 1.29 is 18.8 Å². The lowest BCUT2D eigenvalue weighted by atomic mass is 10.1. The molecule has 0 spiro atoms. The Labute approximate surface area is 183 Å². The molecule has 1 aromatic carbocycles. The Morgan fingerprint density at radius 2 is 1.72 bits per heavy atom. The number of methoxy groups -OCH3 is 2. The zero-order valence-corrected chi connectivity index (χ0v) is 17.6. The Bertz CT molecular complexity index is 1270. The van der Waals surface area contributed by atoms with Gasteiger partial charge in [-0.15, -0.1) is 0 Å². The summed E-state index contributed by atoms with van der Waals surface area (Å²) in [5, 5.41) is 6.87. The predicted octanol–water partition coefficient (Wildman–Crippen LogP) is 3.35. The summed E-state index contributed by atoms with van der Waals surface area (Å²) < 4.78 is 15.8. The van der Waals surface area contributed by atoms with E-state index in [1.54, 1.807) is 19.1 Å². The number of anilines is 2. The maximum Gasteiger partial charge on any atom is 0.261 e. The number of carbonyl (C=O) groups is 1. The lowest BCUT2D eigenvalue weighted by Gasteiger charge is -2.11. The number of aromatic nitrogens is 4. The number of aryl methyl sites for hydroxylation is 1. The highest BCUT2D eigenvalue weighted by molar-refractivity contribution is 6.09. The van der Waals surface area contributed by atoms with Crippen LogP contribution in [0.25, 0.3) is 22.6 Å². The van der Waals surface area contributed by atoms with Crippen molar-refractivity contribution in [2.75, 3.05) is 25.3 Å². The number of nitrogens with two attached hydrogens (primary N) is 1. The molecule has 0 aliphatic rings. The summed E-state index contributed by atoms with van der Waals surface area (Å²) in [4.78, 5) is 25.9. The Hall–Kier alpha value is -4.47. The molecule has 0 bridgehead atoms. The molecule has 32 heavy (non-hydrogen) atoms. The van der Waals surface area contributed by atoms with E-state index in [0.29, 0.717) is 34.1 Å². The van der Waals surface area contributed by atoms with Gasteiger partial charge in [-0.3, -0.25) is 4.79 Å². The van der Waals surface area contributed by atoms with Crippen LogP contribution in [0.15, 0.2) is 53.2 Å². The molecule has 3 N–H and O–H groups in total. The van der Waals surface area contributed by atoms with E-state index in [4.69, 9.17) is 19.7 Å². The third-order valence-corrected chi connectivity index (χ3v) is 4.66. The summed E-state index contributed by atoms with van der Waals surface area (Å²) in [6, 6.07) is 12.7. The van der Waals surface area contributed by atoms with Gasteiger partial charge in [0.2, 0.25) is 5.88 Å². The highest BCUT2D eigenvalue weighted by Crippen LogP contribution is 2.30. The number of pyridine rings is 1. The predicted molar refractivity (Wildman–Crippen MR) is 117 cm³/mol. The maximum absolute atomic E-state index is 13.1. The van der Waals surface area contributed by atoms with E-state index in [1.807, 2.05) is 30.3 Å². The summed E-state index contributed by atoms with van der Waals surface area (Å²) in [5.74, 6) is 0.560. The number of carbonyl (C=O) groups excluding carboxylic acids is 1. The number of hydrogen-bond donors (Lipinski definition) is 2. The van der Waals surface area contributed by atoms with E-state index in [2.05, 4.69) is 25.4 Å². The van der Waals surface area contributed by atoms with E-state index in [1.165, 1.54) is 20.4 Å². The number of nitrogens with zero attached hydrogens (tertiary/aromatic N) is 4. The van der Waals surface area contributed by atoms with Crippen molar-refractivity contribution in [3.05, 3.63) is 60.0 Å². The molecule has 10 heteroatoms. The first-order chi connectivity index (χ1) is 15.5. The molecule has 0 unspecified atom stereocenters. The number of benzene rings is 1. The summed E-state index contributed by atoms with van der Waals surface area (Å²) in [7, 11) is 2.91. The fourth-order valence-electron chi connectivity index (χ4n) is 3.11. The van der Waals surface area contributed by atoms with E-state index < -0.39 is 5.91 Å². The molecule has 1 amide bonds. The summed E-state index contributed by atoms with van der Waals surface area (Å²) >= 11 is 0. The number of rotatable bonds is 6. The molecule has 10 nitrogen and oxygen atoms in total. The Kier molecular flexibility index (Phi) is 5.67. The minimum Gasteiger partial charge on any atom is -0.479 e. The van der Waals surface area contributed by atoms with Gasteiger partial charge in [0.05, 0.1) is 26.1 Å². The molecule has 0 aliphatic heterocycles. The first kappa shape index (κ1) is 20.8. The van der Waals surface area contributed by atoms with E-state index in [9.17, 15) is 4.79 Å². The van der Waals surface area contributed by atoms with Gasteiger partial charge in [-0.1, -0.05) is 35.5 Å². The molecule has 3 heterocycles. The van der Waals surface area contributed by atoms with Gasteiger partial charge in [-0.2, -0.15) is 0 Å². The van der Waals surface area contributed by atoms with Crippen molar-refractivity contribution in [3.63, 3.8) is 0 Å². The quantitative estimate of drug-likeness (QED) is 0.469. The van der Waals surface area contributed by atoms with Gasteiger partial charge in [0.1, 0.15) is 28.4 Å². The average molecular weight is 432 g/mol. The standard InChI is InChI=1S/C22H20N6O4/c1-12-17(18(28-32-12)13-7-5-4-6-8-13)20(29)25-15-10-9-14(26-21(15)30-2)16-11-24-19(23)22(27-16)31-3/h4-11H,1-3H3,(H2,23,24)(H,25,29). The molecule has 0 radical (unpaired) electrons. The van der Waals surface area contributed by atoms with Gasteiger partial charge in [-0.25, -0.2) is 15.0 Å². The molecule has 4 rings (SSSR count). The van der Waals surface area contributed by atoms with Crippen LogP contribution in [0.4, 0.5) is 11.5 Å². The van der Waals surface area contributed by atoms with Crippen molar-refractivity contribution >= 4 is 17.4 Å². The van der Waals surface area contributed by atoms with E-state index >= 15 is 0 Å². The van der Waals surface area contributed by atoms with Crippen LogP contribution in [-0.2, 0) is 0 Å². The highest BCUT2D eigenvalue weighted by Gasteiger charge is 2.23. The SMILES string of the molecule is COc1nc(-c2cnc(N)c(OC)n2)ccc1NC(=O)c1c(-c2ccccc2)noc1C. The molecule has 0 fully saturated rings. The zero-order valence-electron chi connectivity index (χ0n) is 17.6. The molecule has 0 saturated heterocycles. The topological polar surface area (TPSA) is 138 Å². The first-order valence-electron chi connectivity index (χ1n) is 9.56. The van der Waals surface area contributed by atoms with Crippen molar-refractivity contribution in [3.8, 4) is 34.4 Å². The number of nitrogen functional groups attached to an aromatic ring is 1. The van der Waals surface area contributed by atoms with Crippen LogP contribution >= 0.6 is 0 Å². The lowest BCUT2D eigenvalue weighted by molar-refractivity contribution is 0.102. The van der Waals surface area contributed by atoms with Gasteiger partial charge in [-0.05, 0) is 19.1 Å². The highest BCUT2D eigenvalue weighted by atomic mass is 16.5. The molecule has 4 aromatic rings. The van der Waals surface area contributed by atoms with Crippen molar-refractivity contribution in [2.24, 2.45) is 0 Å². The number of hydrogen-bond acceptors (Lipinski definition) is 9. The fraction of sp³-hybridized carbons (Fsp3) is 0.136. The molecule has 3 aromatic heterocycles. The minimum absolute atomic E-state index is 0.172. The van der Waals surface area contributed by atoms with E-state index in [0.717, 1.165) is 5.56 Å². The Morgan fingerprint density at radius 3 is 2.44 bits per heavy atom. The molecule has 0 aliphatic carbocycles. The number of nitrogens with one attached hydrogen (secondary N) is 1. The van der Waals surface area contributed by atoms with Crippen molar-refractivity contribution in [2.45, 2.75) is 6.92 Å². The first-order valence-corrected chi connectivity index (χ1v) is 9.56. The van der Waals surface area contributed by atoms with Crippen LogP contribution in [0.1, 0.15) is 16.1 Å². The van der Waals surface area contributed by atoms with Crippen LogP contribution in [0, 0.1) is 6.92 Å². The minimum atomic E-state index is -0.399. The van der Waals surface area contributed by atoms with Gasteiger partial charge in [0.15, 0.2) is 5.82 Å². The summed E-state index contributed by atoms with van der Waals surface area (Å²) in [6.07, 6.45) is 1.48. The van der Waals surface area contributed by atoms with Crippen LogP contribution in [0.5, 0.6) is 11.8 Å². The second-order valence-corrected chi connectivity index (χ2v) is 6.69. The van der Waals surface area contributed by atoms with Crippen LogP contribution < -0.4 is 20.5 Å². The van der Waals surface area contributed by atoms with Crippen LogP contribution in [0.2, 0.25) is 0 Å².